The van der Waals surface area contributed by atoms with E-state index in [-0.39, 0.29) is 29.6 Å². The number of halogens is 2. The maximum Gasteiger partial charge on any atom is 0.387 e. The van der Waals surface area contributed by atoms with Crippen molar-refractivity contribution in [3.63, 3.8) is 0 Å². The molecule has 0 aliphatic rings. The van der Waals surface area contributed by atoms with Crippen LogP contribution in [0.2, 0.25) is 0 Å². The first kappa shape index (κ1) is 17.2. The normalized spacial score (nSPS) is 12.4. The topological polar surface area (TPSA) is 67.8 Å². The second-order valence-corrected chi connectivity index (χ2v) is 4.72. The van der Waals surface area contributed by atoms with Gasteiger partial charge in [0.05, 0.1) is 25.3 Å². The lowest BCUT2D eigenvalue weighted by Crippen LogP contribution is -2.41. The molecule has 0 fully saturated rings. The average Bonchev–Trinajstić information content (AvgIpc) is 2.43. The van der Waals surface area contributed by atoms with Crippen LogP contribution in [0.4, 0.5) is 8.78 Å². The molecule has 0 aromatic heterocycles. The number of hydrogen-bond donors (Lipinski definition) is 2. The van der Waals surface area contributed by atoms with E-state index in [1.807, 2.05) is 13.8 Å². The lowest BCUT2D eigenvalue weighted by atomic mass is 10.0. The standard InChI is InChI=1S/C14H19F2NO4/c1-8(2)10(7-18)17-13(19)9-5-4-6-11(20-3)12(9)21-14(15)16/h4-6,8,10,14,18H,7H2,1-3H3,(H,17,19)/t10-/m1/s1. The molecular weight excluding hydrogens is 284 g/mol. The third-order valence-corrected chi connectivity index (χ3v) is 2.97. The minimum absolute atomic E-state index is 0.0102. The van der Waals surface area contributed by atoms with Gasteiger partial charge in [-0.25, -0.2) is 0 Å². The molecule has 118 valence electrons. The Morgan fingerprint density at radius 3 is 2.52 bits per heavy atom. The Kier molecular flexibility index (Phi) is 6.36. The van der Waals surface area contributed by atoms with Gasteiger partial charge in [-0.2, -0.15) is 8.78 Å². The van der Waals surface area contributed by atoms with Crippen molar-refractivity contribution in [3.05, 3.63) is 23.8 Å². The van der Waals surface area contributed by atoms with E-state index in [1.54, 1.807) is 0 Å². The minimum atomic E-state index is -3.08. The van der Waals surface area contributed by atoms with E-state index in [1.165, 1.54) is 25.3 Å². The van der Waals surface area contributed by atoms with Crippen molar-refractivity contribution in [3.8, 4) is 11.5 Å². The maximum absolute atomic E-state index is 12.5. The van der Waals surface area contributed by atoms with Crippen LogP contribution < -0.4 is 14.8 Å². The van der Waals surface area contributed by atoms with Crippen molar-refractivity contribution in [2.75, 3.05) is 13.7 Å². The van der Waals surface area contributed by atoms with Crippen LogP contribution in [0.5, 0.6) is 11.5 Å². The van der Waals surface area contributed by atoms with E-state index >= 15 is 0 Å². The number of para-hydroxylation sites is 1. The summed E-state index contributed by atoms with van der Waals surface area (Å²) in [5.41, 5.74) is -0.0752. The Morgan fingerprint density at radius 2 is 2.05 bits per heavy atom. The van der Waals surface area contributed by atoms with Gasteiger partial charge in [-0.15, -0.1) is 0 Å². The van der Waals surface area contributed by atoms with Gasteiger partial charge in [0.15, 0.2) is 11.5 Å². The van der Waals surface area contributed by atoms with Gasteiger partial charge >= 0.3 is 6.61 Å². The number of ether oxygens (including phenoxy) is 2. The smallest absolute Gasteiger partial charge is 0.387 e. The monoisotopic (exact) mass is 303 g/mol. The molecule has 0 aliphatic heterocycles. The highest BCUT2D eigenvalue weighted by Gasteiger charge is 2.23. The second kappa shape index (κ2) is 7.78. The molecule has 1 aromatic rings. The lowest BCUT2D eigenvalue weighted by Gasteiger charge is -2.21. The fraction of sp³-hybridized carbons (Fsp3) is 0.500. The average molecular weight is 303 g/mol. The number of alkyl halides is 2. The summed E-state index contributed by atoms with van der Waals surface area (Å²) in [7, 11) is 1.29. The maximum atomic E-state index is 12.5. The molecule has 21 heavy (non-hydrogen) atoms. The Hall–Kier alpha value is -1.89. The van der Waals surface area contributed by atoms with Gasteiger partial charge in [0.1, 0.15) is 0 Å². The second-order valence-electron chi connectivity index (χ2n) is 4.72. The molecule has 7 heteroatoms. The van der Waals surface area contributed by atoms with Crippen LogP contribution in [-0.4, -0.2) is 37.4 Å². The summed E-state index contributed by atoms with van der Waals surface area (Å²) in [6.45, 7) is 0.317. The number of carbonyl (C=O) groups excluding carboxylic acids is 1. The molecule has 1 amide bonds. The van der Waals surface area contributed by atoms with Crippen LogP contribution in [-0.2, 0) is 0 Å². The summed E-state index contributed by atoms with van der Waals surface area (Å²) in [5, 5.41) is 11.8. The predicted molar refractivity (Wildman–Crippen MR) is 72.8 cm³/mol. The SMILES string of the molecule is COc1cccc(C(=O)N[C@H](CO)C(C)C)c1OC(F)F. The van der Waals surface area contributed by atoms with E-state index in [0.29, 0.717) is 0 Å². The van der Waals surface area contributed by atoms with Crippen molar-refractivity contribution in [2.24, 2.45) is 5.92 Å². The molecule has 0 saturated carbocycles. The molecule has 0 saturated heterocycles. The molecular formula is C14H19F2NO4. The molecule has 1 atom stereocenters. The van der Waals surface area contributed by atoms with Crippen LogP contribution >= 0.6 is 0 Å². The summed E-state index contributed by atoms with van der Waals surface area (Å²) in [4.78, 5) is 12.2. The largest absolute Gasteiger partial charge is 0.493 e. The van der Waals surface area contributed by atoms with E-state index in [2.05, 4.69) is 10.1 Å². The number of methoxy groups -OCH3 is 1. The van der Waals surface area contributed by atoms with Crippen molar-refractivity contribution in [1.29, 1.82) is 0 Å². The van der Waals surface area contributed by atoms with Crippen LogP contribution in [0.3, 0.4) is 0 Å². The molecule has 0 unspecified atom stereocenters. The zero-order valence-corrected chi connectivity index (χ0v) is 12.1. The first-order valence-electron chi connectivity index (χ1n) is 6.44. The van der Waals surface area contributed by atoms with Crippen molar-refractivity contribution in [1.82, 2.24) is 5.32 Å². The molecule has 1 aromatic carbocycles. The first-order valence-corrected chi connectivity index (χ1v) is 6.44. The third kappa shape index (κ3) is 4.56. The van der Waals surface area contributed by atoms with Crippen LogP contribution in [0.25, 0.3) is 0 Å². The highest BCUT2D eigenvalue weighted by Crippen LogP contribution is 2.32. The first-order chi connectivity index (χ1) is 9.90. The number of rotatable bonds is 7. The van der Waals surface area contributed by atoms with Crippen molar-refractivity contribution >= 4 is 5.91 Å². The zero-order valence-electron chi connectivity index (χ0n) is 12.1. The van der Waals surface area contributed by atoms with Crippen LogP contribution in [0, 0.1) is 5.92 Å². The van der Waals surface area contributed by atoms with Crippen molar-refractivity contribution in [2.45, 2.75) is 26.5 Å². The van der Waals surface area contributed by atoms with Crippen LogP contribution in [0.1, 0.15) is 24.2 Å². The minimum Gasteiger partial charge on any atom is -0.493 e. The van der Waals surface area contributed by atoms with Gasteiger partial charge in [-0.3, -0.25) is 4.79 Å². The number of aliphatic hydroxyl groups is 1. The fourth-order valence-corrected chi connectivity index (χ4v) is 1.74. The summed E-state index contributed by atoms with van der Waals surface area (Å²) >= 11 is 0. The predicted octanol–water partition coefficient (Wildman–Crippen LogP) is 2.04. The summed E-state index contributed by atoms with van der Waals surface area (Å²) in [6, 6.07) is 3.78. The molecule has 0 radical (unpaired) electrons. The molecule has 5 nitrogen and oxygen atoms in total. The molecule has 0 bridgehead atoms. The van der Waals surface area contributed by atoms with E-state index in [9.17, 15) is 18.7 Å². The lowest BCUT2D eigenvalue weighted by molar-refractivity contribution is -0.0515. The number of nitrogens with one attached hydrogen (secondary N) is 1. The highest BCUT2D eigenvalue weighted by atomic mass is 19.3. The quantitative estimate of drug-likeness (QED) is 0.809. The van der Waals surface area contributed by atoms with Gasteiger partial charge in [-0.1, -0.05) is 19.9 Å². The van der Waals surface area contributed by atoms with Crippen LogP contribution in [0.15, 0.2) is 18.2 Å². The Bertz CT molecular complexity index is 480. The van der Waals surface area contributed by atoms with E-state index in [4.69, 9.17) is 4.74 Å². The molecule has 0 spiro atoms. The molecule has 0 heterocycles. The Balaban J connectivity index is 3.08. The molecule has 0 aliphatic carbocycles. The summed E-state index contributed by atoms with van der Waals surface area (Å²) in [6.07, 6.45) is 0. The number of benzene rings is 1. The third-order valence-electron chi connectivity index (χ3n) is 2.97. The number of aliphatic hydroxyl groups excluding tert-OH is 1. The van der Waals surface area contributed by atoms with Gasteiger partial charge in [0.2, 0.25) is 0 Å². The van der Waals surface area contributed by atoms with Crippen molar-refractivity contribution < 1.29 is 28.2 Å². The van der Waals surface area contributed by atoms with Gasteiger partial charge in [-0.05, 0) is 18.1 Å². The number of amides is 1. The fourth-order valence-electron chi connectivity index (χ4n) is 1.74. The summed E-state index contributed by atoms with van der Waals surface area (Å²) < 4.78 is 34.3. The van der Waals surface area contributed by atoms with E-state index < -0.39 is 18.6 Å². The highest BCUT2D eigenvalue weighted by molar-refractivity contribution is 5.98. The summed E-state index contributed by atoms with van der Waals surface area (Å²) in [5.74, 6) is -0.915. The van der Waals surface area contributed by atoms with Gasteiger partial charge in [0.25, 0.3) is 5.91 Å². The van der Waals surface area contributed by atoms with Gasteiger partial charge in [0, 0.05) is 0 Å². The van der Waals surface area contributed by atoms with Gasteiger partial charge < -0.3 is 19.9 Å². The Morgan fingerprint density at radius 1 is 1.38 bits per heavy atom. The Labute approximate surface area is 121 Å². The number of carbonyl (C=O) groups is 1. The molecule has 2 N–H and O–H groups in total. The molecule has 1 rings (SSSR count). The van der Waals surface area contributed by atoms with E-state index in [0.717, 1.165) is 0 Å². The zero-order chi connectivity index (χ0) is 16.0. The number of hydrogen-bond acceptors (Lipinski definition) is 4.